The number of amides is 2. The van der Waals surface area contributed by atoms with Gasteiger partial charge in [0.2, 0.25) is 11.8 Å². The van der Waals surface area contributed by atoms with E-state index in [4.69, 9.17) is 0 Å². The quantitative estimate of drug-likeness (QED) is 0.882. The number of carbonyl (C=O) groups is 2. The molecular weight excluding hydrogens is 314 g/mol. The lowest BCUT2D eigenvalue weighted by atomic mass is 10.1. The maximum Gasteiger partial charge on any atom is 0.245 e. The van der Waals surface area contributed by atoms with Crippen LogP contribution < -0.4 is 10.7 Å². The zero-order valence-corrected chi connectivity index (χ0v) is 14.2. The number of nitrogens with zero attached hydrogens (tertiary/aromatic N) is 1. The highest BCUT2D eigenvalue weighted by Gasteiger charge is 2.21. The van der Waals surface area contributed by atoms with Crippen LogP contribution in [0.15, 0.2) is 60.7 Å². The summed E-state index contributed by atoms with van der Waals surface area (Å²) in [5, 5.41) is 4.22. The molecule has 0 atom stereocenters. The van der Waals surface area contributed by atoms with Crippen molar-refractivity contribution in [2.24, 2.45) is 0 Å². The van der Waals surface area contributed by atoms with E-state index in [1.807, 2.05) is 67.6 Å². The van der Waals surface area contributed by atoms with Gasteiger partial charge < -0.3 is 5.32 Å². The normalized spacial score (nSPS) is 13.9. The molecule has 1 heterocycles. The van der Waals surface area contributed by atoms with Crippen molar-refractivity contribution in [2.75, 3.05) is 6.54 Å². The number of nitrogens with one attached hydrogen (secondary N) is 2. The van der Waals surface area contributed by atoms with Gasteiger partial charge in [0.05, 0.1) is 5.70 Å². The van der Waals surface area contributed by atoms with E-state index >= 15 is 0 Å². The lowest BCUT2D eigenvalue weighted by Gasteiger charge is -2.28. The number of rotatable bonds is 5. The third-order valence-corrected chi connectivity index (χ3v) is 4.03. The van der Waals surface area contributed by atoms with Crippen molar-refractivity contribution in [1.29, 1.82) is 0 Å². The van der Waals surface area contributed by atoms with Gasteiger partial charge in [-0.25, -0.2) is 5.01 Å². The third kappa shape index (κ3) is 4.47. The van der Waals surface area contributed by atoms with Gasteiger partial charge in [-0.3, -0.25) is 15.0 Å². The number of hydrogen-bond acceptors (Lipinski definition) is 3. The van der Waals surface area contributed by atoms with Crippen LogP contribution in [0.3, 0.4) is 0 Å². The molecule has 0 unspecified atom stereocenters. The molecule has 0 radical (unpaired) electrons. The van der Waals surface area contributed by atoms with Crippen molar-refractivity contribution in [2.45, 2.75) is 19.9 Å². The second kappa shape index (κ2) is 7.66. The average Bonchev–Trinajstić information content (AvgIpc) is 2.64. The molecule has 0 saturated heterocycles. The van der Waals surface area contributed by atoms with Crippen molar-refractivity contribution in [1.82, 2.24) is 15.8 Å². The minimum Gasteiger partial charge on any atom is -0.350 e. The number of hydrazine groups is 1. The Balaban J connectivity index is 1.56. The first kappa shape index (κ1) is 16.8. The Hall–Kier alpha value is -3.08. The predicted octanol–water partition coefficient (Wildman–Crippen LogP) is 2.39. The van der Waals surface area contributed by atoms with Crippen molar-refractivity contribution < 1.29 is 9.59 Å². The predicted molar refractivity (Wildman–Crippen MR) is 96.9 cm³/mol. The summed E-state index contributed by atoms with van der Waals surface area (Å²) in [4.78, 5) is 24.2. The molecule has 3 rings (SSSR count). The fourth-order valence-electron chi connectivity index (χ4n) is 2.59. The van der Waals surface area contributed by atoms with E-state index < -0.39 is 0 Å². The van der Waals surface area contributed by atoms with Crippen LogP contribution in [0.2, 0.25) is 0 Å². The molecule has 5 heteroatoms. The highest BCUT2D eigenvalue weighted by atomic mass is 16.2. The zero-order chi connectivity index (χ0) is 17.6. The molecule has 0 fully saturated rings. The summed E-state index contributed by atoms with van der Waals surface area (Å²) < 4.78 is 0. The molecule has 0 bridgehead atoms. The molecule has 0 aliphatic carbocycles. The Morgan fingerprint density at radius 3 is 2.56 bits per heavy atom. The molecular formula is C20H21N3O2. The fourth-order valence-corrected chi connectivity index (χ4v) is 2.59. The van der Waals surface area contributed by atoms with Crippen LogP contribution in [0.4, 0.5) is 0 Å². The fraction of sp³-hybridized carbons (Fsp3) is 0.200. The Labute approximate surface area is 147 Å². The molecule has 128 valence electrons. The van der Waals surface area contributed by atoms with Crippen LogP contribution in [0, 0.1) is 6.92 Å². The molecule has 0 saturated carbocycles. The van der Waals surface area contributed by atoms with E-state index in [9.17, 15) is 9.59 Å². The van der Waals surface area contributed by atoms with Crippen molar-refractivity contribution in [3.05, 3.63) is 77.4 Å². The Morgan fingerprint density at radius 1 is 1.12 bits per heavy atom. The van der Waals surface area contributed by atoms with Gasteiger partial charge in [-0.2, -0.15) is 0 Å². The summed E-state index contributed by atoms with van der Waals surface area (Å²) in [5.41, 5.74) is 7.07. The first-order valence-electron chi connectivity index (χ1n) is 8.26. The third-order valence-electron chi connectivity index (χ3n) is 4.03. The minimum atomic E-state index is -0.198. The van der Waals surface area contributed by atoms with E-state index in [1.165, 1.54) is 10.6 Å². The van der Waals surface area contributed by atoms with Crippen LogP contribution in [0.1, 0.15) is 23.1 Å². The summed E-state index contributed by atoms with van der Waals surface area (Å²) >= 11 is 0. The largest absolute Gasteiger partial charge is 0.350 e. The summed E-state index contributed by atoms with van der Waals surface area (Å²) in [5.74, 6) is -0.319. The van der Waals surface area contributed by atoms with E-state index in [1.54, 1.807) is 0 Å². The average molecular weight is 335 g/mol. The maximum absolute atomic E-state index is 12.2. The van der Waals surface area contributed by atoms with Gasteiger partial charge >= 0.3 is 0 Å². The summed E-state index contributed by atoms with van der Waals surface area (Å²) in [7, 11) is 0. The molecule has 0 spiro atoms. The molecule has 2 N–H and O–H groups in total. The summed E-state index contributed by atoms with van der Waals surface area (Å²) in [6.07, 6.45) is 2.13. The van der Waals surface area contributed by atoms with Gasteiger partial charge in [-0.15, -0.1) is 0 Å². The molecule has 25 heavy (non-hydrogen) atoms. The topological polar surface area (TPSA) is 61.4 Å². The lowest BCUT2D eigenvalue weighted by Crippen LogP contribution is -2.49. The van der Waals surface area contributed by atoms with Crippen LogP contribution in [-0.4, -0.2) is 23.4 Å². The number of hydrogen-bond donors (Lipinski definition) is 2. The minimum absolute atomic E-state index is 0.0190. The SMILES string of the molecule is Cc1ccc(CNC(=O)CN2NC(c3ccccc3)=CCC2=O)cc1. The molecule has 5 nitrogen and oxygen atoms in total. The molecule has 2 aromatic rings. The van der Waals surface area contributed by atoms with Crippen molar-refractivity contribution >= 4 is 17.5 Å². The van der Waals surface area contributed by atoms with Gasteiger partial charge in [-0.1, -0.05) is 60.2 Å². The van der Waals surface area contributed by atoms with Crippen LogP contribution in [-0.2, 0) is 16.1 Å². The molecule has 1 aliphatic rings. The zero-order valence-electron chi connectivity index (χ0n) is 14.2. The van der Waals surface area contributed by atoms with E-state index in [0.29, 0.717) is 6.54 Å². The monoisotopic (exact) mass is 335 g/mol. The van der Waals surface area contributed by atoms with Gasteiger partial charge in [-0.05, 0) is 24.1 Å². The number of carbonyl (C=O) groups excluding carboxylic acids is 2. The Kier molecular flexibility index (Phi) is 5.14. The van der Waals surface area contributed by atoms with Gasteiger partial charge in [0, 0.05) is 13.0 Å². The van der Waals surface area contributed by atoms with E-state index in [-0.39, 0.29) is 24.8 Å². The highest BCUT2D eigenvalue weighted by Crippen LogP contribution is 2.16. The van der Waals surface area contributed by atoms with Crippen molar-refractivity contribution in [3.8, 4) is 0 Å². The first-order valence-corrected chi connectivity index (χ1v) is 8.26. The molecule has 2 amide bonds. The number of benzene rings is 2. The van der Waals surface area contributed by atoms with Gasteiger partial charge in [0.15, 0.2) is 0 Å². The van der Waals surface area contributed by atoms with Gasteiger partial charge in [0.1, 0.15) is 6.54 Å². The molecule has 0 aromatic heterocycles. The Bertz CT molecular complexity index is 782. The first-order chi connectivity index (χ1) is 12.1. The number of aryl methyl sites for hydroxylation is 1. The van der Waals surface area contributed by atoms with Crippen LogP contribution in [0.5, 0.6) is 0 Å². The second-order valence-electron chi connectivity index (χ2n) is 6.04. The standard InChI is InChI=1S/C20H21N3O2/c1-15-7-9-16(10-8-15)13-21-19(24)14-23-20(25)12-11-18(22-23)17-5-3-2-4-6-17/h2-11,22H,12-14H2,1H3,(H,21,24). The van der Waals surface area contributed by atoms with Crippen LogP contribution >= 0.6 is 0 Å². The smallest absolute Gasteiger partial charge is 0.245 e. The highest BCUT2D eigenvalue weighted by molar-refractivity contribution is 5.88. The molecule has 1 aliphatic heterocycles. The van der Waals surface area contributed by atoms with Gasteiger partial charge in [0.25, 0.3) is 0 Å². The van der Waals surface area contributed by atoms with E-state index in [2.05, 4.69) is 10.7 Å². The summed E-state index contributed by atoms with van der Waals surface area (Å²) in [6, 6.07) is 17.7. The van der Waals surface area contributed by atoms with Crippen molar-refractivity contribution in [3.63, 3.8) is 0 Å². The lowest BCUT2D eigenvalue weighted by molar-refractivity contribution is -0.137. The Morgan fingerprint density at radius 2 is 1.84 bits per heavy atom. The van der Waals surface area contributed by atoms with Crippen LogP contribution in [0.25, 0.3) is 5.70 Å². The van der Waals surface area contributed by atoms with E-state index in [0.717, 1.165) is 16.8 Å². The maximum atomic E-state index is 12.2. The summed E-state index contributed by atoms with van der Waals surface area (Å²) in [6.45, 7) is 2.45. The second-order valence-corrected chi connectivity index (χ2v) is 6.04. The molecule has 2 aromatic carbocycles.